The predicted molar refractivity (Wildman–Crippen MR) is 81.0 cm³/mol. The quantitative estimate of drug-likeness (QED) is 0.904. The van der Waals surface area contributed by atoms with Crippen molar-refractivity contribution in [3.63, 3.8) is 0 Å². The van der Waals surface area contributed by atoms with Crippen LogP contribution in [-0.2, 0) is 16.0 Å². The van der Waals surface area contributed by atoms with Gasteiger partial charge in [-0.05, 0) is 37.0 Å². The summed E-state index contributed by atoms with van der Waals surface area (Å²) in [5.74, 6) is 0.434. The van der Waals surface area contributed by atoms with Gasteiger partial charge >= 0.3 is 0 Å². The van der Waals surface area contributed by atoms with E-state index in [0.717, 1.165) is 29.8 Å². The Balaban J connectivity index is 1.49. The molecule has 21 heavy (non-hydrogen) atoms. The highest BCUT2D eigenvalue weighted by Gasteiger charge is 2.35. The van der Waals surface area contributed by atoms with E-state index in [-0.39, 0.29) is 23.8 Å². The van der Waals surface area contributed by atoms with Crippen LogP contribution >= 0.6 is 11.6 Å². The lowest BCUT2D eigenvalue weighted by Gasteiger charge is -2.17. The molecule has 1 saturated carbocycles. The van der Waals surface area contributed by atoms with Crippen molar-refractivity contribution < 1.29 is 9.59 Å². The highest BCUT2D eigenvalue weighted by atomic mass is 35.5. The molecular weight excluding hydrogens is 288 g/mol. The Morgan fingerprint density at radius 3 is 2.90 bits per heavy atom. The van der Waals surface area contributed by atoms with E-state index in [2.05, 4.69) is 5.32 Å². The first-order valence-electron chi connectivity index (χ1n) is 7.44. The van der Waals surface area contributed by atoms with E-state index in [9.17, 15) is 9.59 Å². The molecule has 1 aliphatic carbocycles. The summed E-state index contributed by atoms with van der Waals surface area (Å²) >= 11 is 5.96. The summed E-state index contributed by atoms with van der Waals surface area (Å²) in [6, 6.07) is 7.68. The van der Waals surface area contributed by atoms with Crippen LogP contribution in [0.4, 0.5) is 0 Å². The number of likely N-dealkylation sites (tertiary alicyclic amines) is 1. The van der Waals surface area contributed by atoms with Gasteiger partial charge in [0.05, 0.1) is 6.04 Å². The zero-order valence-corrected chi connectivity index (χ0v) is 12.6. The normalized spacial score (nSPS) is 21.7. The third-order valence-corrected chi connectivity index (χ3v) is 4.30. The zero-order valence-electron chi connectivity index (χ0n) is 11.8. The number of amides is 2. The third-order valence-electron chi connectivity index (χ3n) is 4.07. The van der Waals surface area contributed by atoms with Crippen LogP contribution in [0.5, 0.6) is 0 Å². The number of nitrogens with one attached hydrogen (secondary N) is 1. The lowest BCUT2D eigenvalue weighted by molar-refractivity contribution is -0.127. The van der Waals surface area contributed by atoms with E-state index >= 15 is 0 Å². The van der Waals surface area contributed by atoms with E-state index in [4.69, 9.17) is 11.6 Å². The van der Waals surface area contributed by atoms with Gasteiger partial charge in [0.15, 0.2) is 0 Å². The van der Waals surface area contributed by atoms with Gasteiger partial charge in [-0.3, -0.25) is 9.59 Å². The van der Waals surface area contributed by atoms with Crippen LogP contribution in [0, 0.1) is 5.92 Å². The Bertz CT molecular complexity index is 557. The number of carbonyl (C=O) groups is 2. The molecular formula is C16H19ClN2O2. The van der Waals surface area contributed by atoms with Crippen LogP contribution < -0.4 is 5.32 Å². The molecule has 1 aliphatic heterocycles. The van der Waals surface area contributed by atoms with Crippen molar-refractivity contribution in [2.24, 2.45) is 5.92 Å². The first kappa shape index (κ1) is 14.4. The van der Waals surface area contributed by atoms with Gasteiger partial charge in [-0.1, -0.05) is 23.7 Å². The number of hydrogen-bond acceptors (Lipinski definition) is 2. The number of carbonyl (C=O) groups excluding carboxylic acids is 2. The molecule has 1 atom stereocenters. The van der Waals surface area contributed by atoms with Crippen molar-refractivity contribution in [3.05, 3.63) is 34.9 Å². The zero-order chi connectivity index (χ0) is 14.8. The summed E-state index contributed by atoms with van der Waals surface area (Å²) in [7, 11) is 0. The molecule has 0 radical (unpaired) electrons. The van der Waals surface area contributed by atoms with E-state index < -0.39 is 0 Å². The maximum absolute atomic E-state index is 12.0. The average Bonchev–Trinajstić information content (AvgIpc) is 3.23. The fraction of sp³-hybridized carbons (Fsp3) is 0.500. The van der Waals surface area contributed by atoms with E-state index in [1.165, 1.54) is 0 Å². The van der Waals surface area contributed by atoms with Crippen molar-refractivity contribution in [3.8, 4) is 0 Å². The van der Waals surface area contributed by atoms with Crippen LogP contribution in [0.25, 0.3) is 0 Å². The monoisotopic (exact) mass is 306 g/mol. The molecule has 1 saturated heterocycles. The van der Waals surface area contributed by atoms with Crippen molar-refractivity contribution in [1.29, 1.82) is 0 Å². The molecule has 0 spiro atoms. The van der Waals surface area contributed by atoms with Crippen molar-refractivity contribution >= 4 is 23.4 Å². The van der Waals surface area contributed by atoms with Crippen molar-refractivity contribution in [1.82, 2.24) is 10.2 Å². The number of halogens is 1. The summed E-state index contributed by atoms with van der Waals surface area (Å²) in [5.41, 5.74) is 1.13. The van der Waals surface area contributed by atoms with Gasteiger partial charge in [0.25, 0.3) is 0 Å². The highest BCUT2D eigenvalue weighted by molar-refractivity contribution is 6.30. The fourth-order valence-electron chi connectivity index (χ4n) is 2.71. The first-order chi connectivity index (χ1) is 10.1. The van der Waals surface area contributed by atoms with Gasteiger partial charge in [-0.2, -0.15) is 0 Å². The number of hydrogen-bond donors (Lipinski definition) is 1. The summed E-state index contributed by atoms with van der Waals surface area (Å²) in [6.07, 6.45) is 3.19. The fourth-order valence-corrected chi connectivity index (χ4v) is 2.92. The van der Waals surface area contributed by atoms with Crippen LogP contribution in [-0.4, -0.2) is 35.8 Å². The molecule has 0 aromatic heterocycles. The lowest BCUT2D eigenvalue weighted by atomic mass is 10.1. The van der Waals surface area contributed by atoms with Gasteiger partial charge in [0, 0.05) is 30.5 Å². The van der Waals surface area contributed by atoms with Crippen LogP contribution in [0.2, 0.25) is 5.02 Å². The molecule has 5 heteroatoms. The first-order valence-corrected chi connectivity index (χ1v) is 7.82. The number of rotatable bonds is 5. The molecule has 2 aliphatic rings. The topological polar surface area (TPSA) is 49.4 Å². The van der Waals surface area contributed by atoms with E-state index in [1.807, 2.05) is 29.2 Å². The van der Waals surface area contributed by atoms with Crippen LogP contribution in [0.3, 0.4) is 0 Å². The Kier molecular flexibility index (Phi) is 4.15. The summed E-state index contributed by atoms with van der Waals surface area (Å²) in [6.45, 7) is 1.30. The molecule has 1 aromatic rings. The van der Waals surface area contributed by atoms with Gasteiger partial charge in [0.1, 0.15) is 0 Å². The molecule has 3 rings (SSSR count). The van der Waals surface area contributed by atoms with E-state index in [1.54, 1.807) is 0 Å². The molecule has 1 aromatic carbocycles. The number of nitrogens with zero attached hydrogens (tertiary/aromatic N) is 1. The summed E-state index contributed by atoms with van der Waals surface area (Å²) in [5, 5.41) is 3.70. The molecule has 1 heterocycles. The maximum atomic E-state index is 12.0. The van der Waals surface area contributed by atoms with Gasteiger partial charge in [-0.25, -0.2) is 0 Å². The second kappa shape index (κ2) is 6.06. The molecule has 1 N–H and O–H groups in total. The van der Waals surface area contributed by atoms with Crippen molar-refractivity contribution in [2.45, 2.75) is 31.7 Å². The SMILES string of the molecule is O=C(NC1CC(=O)N(CCc2cccc(Cl)c2)C1)C1CC1. The molecule has 4 nitrogen and oxygen atoms in total. The average molecular weight is 307 g/mol. The second-order valence-corrected chi connectivity index (χ2v) is 6.34. The molecule has 1 unspecified atom stereocenters. The minimum Gasteiger partial charge on any atom is -0.351 e. The predicted octanol–water partition coefficient (Wildman–Crippen LogP) is 2.01. The smallest absolute Gasteiger partial charge is 0.224 e. The van der Waals surface area contributed by atoms with Crippen LogP contribution in [0.15, 0.2) is 24.3 Å². The second-order valence-electron chi connectivity index (χ2n) is 5.90. The minimum atomic E-state index is -0.0232. The Labute approximate surface area is 129 Å². The largest absolute Gasteiger partial charge is 0.351 e. The van der Waals surface area contributed by atoms with Crippen molar-refractivity contribution in [2.75, 3.05) is 13.1 Å². The summed E-state index contributed by atoms with van der Waals surface area (Å²) in [4.78, 5) is 25.6. The Morgan fingerprint density at radius 2 is 2.19 bits per heavy atom. The third kappa shape index (κ3) is 3.76. The molecule has 0 bridgehead atoms. The molecule has 2 fully saturated rings. The van der Waals surface area contributed by atoms with Gasteiger partial charge < -0.3 is 10.2 Å². The molecule has 112 valence electrons. The highest BCUT2D eigenvalue weighted by Crippen LogP contribution is 2.29. The standard InChI is InChI=1S/C16H19ClN2O2/c17-13-3-1-2-11(8-13)6-7-19-10-14(9-15(19)20)18-16(21)12-4-5-12/h1-3,8,12,14H,4-7,9-10H2,(H,18,21). The van der Waals surface area contributed by atoms with Gasteiger partial charge in [0.2, 0.25) is 11.8 Å². The number of benzene rings is 1. The van der Waals surface area contributed by atoms with Crippen LogP contribution in [0.1, 0.15) is 24.8 Å². The Hall–Kier alpha value is -1.55. The van der Waals surface area contributed by atoms with E-state index in [0.29, 0.717) is 19.5 Å². The maximum Gasteiger partial charge on any atom is 0.224 e. The molecule has 2 amide bonds. The summed E-state index contributed by atoms with van der Waals surface area (Å²) < 4.78 is 0. The Morgan fingerprint density at radius 1 is 1.38 bits per heavy atom. The van der Waals surface area contributed by atoms with Gasteiger partial charge in [-0.15, -0.1) is 0 Å². The lowest BCUT2D eigenvalue weighted by Crippen LogP contribution is -2.38. The minimum absolute atomic E-state index is 0.0232.